The number of hydrogen-bond acceptors (Lipinski definition) is 5. The Morgan fingerprint density at radius 2 is 1.88 bits per heavy atom. The number of nitrogens with one attached hydrogen (secondary N) is 1. The lowest BCUT2D eigenvalue weighted by molar-refractivity contribution is -0.128. The second-order valence-electron chi connectivity index (χ2n) is 7.59. The van der Waals surface area contributed by atoms with Gasteiger partial charge in [-0.05, 0) is 30.2 Å². The Morgan fingerprint density at radius 3 is 2.53 bits per heavy atom. The maximum Gasteiger partial charge on any atom is 0.251 e. The van der Waals surface area contributed by atoms with Gasteiger partial charge in [0.05, 0.1) is 4.90 Å². The second-order valence-corrected chi connectivity index (χ2v) is 9.53. The molecule has 1 aromatic carbocycles. The van der Waals surface area contributed by atoms with Gasteiger partial charge < -0.3 is 14.8 Å². The fourth-order valence-corrected chi connectivity index (χ4v) is 5.17. The standard InChI is InChI=1S/C22H28N4O5S/c1-3-26(4-2)32(30,31)19-10-11-22(29)25(15-19)16-20(27)23-18-8-5-7-17(13-18)14-24-12-6-9-21(24)28/h5,7-8,10-11,13,15H,3-4,6,9,12,14,16H2,1-2H3,(H,23,27). The van der Waals surface area contributed by atoms with E-state index in [0.29, 0.717) is 31.7 Å². The molecule has 2 aromatic rings. The van der Waals surface area contributed by atoms with E-state index >= 15 is 0 Å². The van der Waals surface area contributed by atoms with Crippen molar-refractivity contribution in [1.82, 2.24) is 13.8 Å². The molecule has 1 saturated heterocycles. The van der Waals surface area contributed by atoms with E-state index in [9.17, 15) is 22.8 Å². The zero-order valence-corrected chi connectivity index (χ0v) is 19.1. The average molecular weight is 461 g/mol. The van der Waals surface area contributed by atoms with Crippen molar-refractivity contribution in [1.29, 1.82) is 0 Å². The molecule has 0 aliphatic carbocycles. The van der Waals surface area contributed by atoms with E-state index in [0.717, 1.165) is 29.2 Å². The van der Waals surface area contributed by atoms with Gasteiger partial charge in [-0.2, -0.15) is 4.31 Å². The van der Waals surface area contributed by atoms with Gasteiger partial charge in [0.1, 0.15) is 6.54 Å². The van der Waals surface area contributed by atoms with E-state index in [-0.39, 0.29) is 17.3 Å². The lowest BCUT2D eigenvalue weighted by atomic mass is 10.2. The van der Waals surface area contributed by atoms with Crippen LogP contribution in [0.2, 0.25) is 0 Å². The van der Waals surface area contributed by atoms with Crippen LogP contribution in [0.15, 0.2) is 52.3 Å². The first kappa shape index (κ1) is 23.7. The van der Waals surface area contributed by atoms with Crippen LogP contribution in [0.25, 0.3) is 0 Å². The molecule has 172 valence electrons. The monoisotopic (exact) mass is 460 g/mol. The smallest absolute Gasteiger partial charge is 0.251 e. The van der Waals surface area contributed by atoms with E-state index in [1.807, 2.05) is 6.07 Å². The molecule has 9 nitrogen and oxygen atoms in total. The van der Waals surface area contributed by atoms with Gasteiger partial charge in [0.15, 0.2) is 0 Å². The molecule has 32 heavy (non-hydrogen) atoms. The third-order valence-electron chi connectivity index (χ3n) is 5.37. The molecule has 0 radical (unpaired) electrons. The molecule has 0 spiro atoms. The minimum Gasteiger partial charge on any atom is -0.338 e. The highest BCUT2D eigenvalue weighted by Gasteiger charge is 2.23. The van der Waals surface area contributed by atoms with Gasteiger partial charge in [-0.25, -0.2) is 8.42 Å². The van der Waals surface area contributed by atoms with Crippen LogP contribution in [0.3, 0.4) is 0 Å². The number of anilines is 1. The van der Waals surface area contributed by atoms with Gasteiger partial charge in [-0.3, -0.25) is 14.4 Å². The number of amides is 2. The predicted molar refractivity (Wildman–Crippen MR) is 121 cm³/mol. The first-order chi connectivity index (χ1) is 15.2. The fourth-order valence-electron chi connectivity index (χ4n) is 3.69. The number of carbonyl (C=O) groups excluding carboxylic acids is 2. The van der Waals surface area contributed by atoms with E-state index in [4.69, 9.17) is 0 Å². The van der Waals surface area contributed by atoms with Crippen molar-refractivity contribution in [3.63, 3.8) is 0 Å². The SMILES string of the molecule is CCN(CC)S(=O)(=O)c1ccc(=O)n(CC(=O)Nc2cccc(CN3CCCC3=O)c2)c1. The molecule has 10 heteroatoms. The normalized spacial score (nSPS) is 14.2. The molecule has 0 bridgehead atoms. The minimum absolute atomic E-state index is 0.0362. The Morgan fingerprint density at radius 1 is 1.12 bits per heavy atom. The van der Waals surface area contributed by atoms with Gasteiger partial charge in [0.2, 0.25) is 21.8 Å². The van der Waals surface area contributed by atoms with Crippen molar-refractivity contribution in [2.45, 2.75) is 44.7 Å². The highest BCUT2D eigenvalue weighted by molar-refractivity contribution is 7.89. The Kier molecular flexibility index (Phi) is 7.47. The molecule has 1 aliphatic heterocycles. The molecule has 0 saturated carbocycles. The first-order valence-corrected chi connectivity index (χ1v) is 12.1. The maximum atomic E-state index is 12.7. The lowest BCUT2D eigenvalue weighted by Gasteiger charge is -2.19. The summed E-state index contributed by atoms with van der Waals surface area (Å²) in [6, 6.07) is 9.58. The van der Waals surface area contributed by atoms with Crippen molar-refractivity contribution >= 4 is 27.5 Å². The summed E-state index contributed by atoms with van der Waals surface area (Å²) in [6.45, 7) is 4.96. The number of benzene rings is 1. The Hall–Kier alpha value is -2.98. The number of nitrogens with zero attached hydrogens (tertiary/aromatic N) is 3. The van der Waals surface area contributed by atoms with Crippen molar-refractivity contribution in [2.24, 2.45) is 0 Å². The summed E-state index contributed by atoms with van der Waals surface area (Å²) in [5.41, 5.74) is 0.960. The molecule has 1 aromatic heterocycles. The van der Waals surface area contributed by atoms with Crippen LogP contribution in [-0.4, -0.2) is 53.6 Å². The molecule has 2 heterocycles. The van der Waals surface area contributed by atoms with E-state index < -0.39 is 21.5 Å². The van der Waals surface area contributed by atoms with Crippen LogP contribution >= 0.6 is 0 Å². The van der Waals surface area contributed by atoms with Crippen LogP contribution in [0, 0.1) is 0 Å². The predicted octanol–water partition coefficient (Wildman–Crippen LogP) is 1.64. The molecule has 1 N–H and O–H groups in total. The fraction of sp³-hybridized carbons (Fsp3) is 0.409. The van der Waals surface area contributed by atoms with Crippen LogP contribution in [0.5, 0.6) is 0 Å². The van der Waals surface area contributed by atoms with Crippen molar-refractivity contribution in [3.8, 4) is 0 Å². The highest BCUT2D eigenvalue weighted by atomic mass is 32.2. The summed E-state index contributed by atoms with van der Waals surface area (Å²) >= 11 is 0. The quantitative estimate of drug-likeness (QED) is 0.612. The van der Waals surface area contributed by atoms with Crippen molar-refractivity contribution in [3.05, 3.63) is 58.5 Å². The number of carbonyl (C=O) groups is 2. The van der Waals surface area contributed by atoms with Gasteiger partial charge in [0, 0.05) is 50.6 Å². The molecular weight excluding hydrogens is 432 g/mol. The summed E-state index contributed by atoms with van der Waals surface area (Å²) < 4.78 is 27.8. The Labute approximate surface area is 187 Å². The topological polar surface area (TPSA) is 109 Å². The number of aromatic nitrogens is 1. The van der Waals surface area contributed by atoms with Gasteiger partial charge in [-0.1, -0.05) is 26.0 Å². The zero-order chi connectivity index (χ0) is 23.3. The minimum atomic E-state index is -3.75. The van der Waals surface area contributed by atoms with Crippen LogP contribution in [-0.2, 0) is 32.7 Å². The summed E-state index contributed by atoms with van der Waals surface area (Å²) in [4.78, 5) is 38.3. The van der Waals surface area contributed by atoms with Crippen molar-refractivity contribution in [2.75, 3.05) is 25.0 Å². The molecule has 0 unspecified atom stereocenters. The molecule has 1 aliphatic rings. The Bertz CT molecular complexity index is 1150. The van der Waals surface area contributed by atoms with Crippen LogP contribution < -0.4 is 10.9 Å². The summed E-state index contributed by atoms with van der Waals surface area (Å²) in [7, 11) is -3.75. The van der Waals surface area contributed by atoms with E-state index in [1.165, 1.54) is 16.6 Å². The Balaban J connectivity index is 1.72. The maximum absolute atomic E-state index is 12.7. The number of hydrogen-bond donors (Lipinski definition) is 1. The number of likely N-dealkylation sites (tertiary alicyclic amines) is 1. The van der Waals surface area contributed by atoms with Gasteiger partial charge in [-0.15, -0.1) is 0 Å². The van der Waals surface area contributed by atoms with E-state index in [1.54, 1.807) is 36.9 Å². The number of pyridine rings is 1. The summed E-state index contributed by atoms with van der Waals surface area (Å²) in [6.07, 6.45) is 2.62. The van der Waals surface area contributed by atoms with Gasteiger partial charge >= 0.3 is 0 Å². The highest BCUT2D eigenvalue weighted by Crippen LogP contribution is 2.17. The first-order valence-electron chi connectivity index (χ1n) is 10.6. The van der Waals surface area contributed by atoms with Gasteiger partial charge in [0.25, 0.3) is 5.56 Å². The van der Waals surface area contributed by atoms with Crippen LogP contribution in [0.4, 0.5) is 5.69 Å². The largest absolute Gasteiger partial charge is 0.338 e. The third kappa shape index (κ3) is 5.43. The van der Waals surface area contributed by atoms with Crippen molar-refractivity contribution < 1.29 is 18.0 Å². The summed E-state index contributed by atoms with van der Waals surface area (Å²) in [5, 5.41) is 2.74. The molecule has 3 rings (SSSR count). The molecule has 1 fully saturated rings. The second kappa shape index (κ2) is 10.1. The van der Waals surface area contributed by atoms with E-state index in [2.05, 4.69) is 5.32 Å². The number of sulfonamides is 1. The molecule has 0 atom stereocenters. The molecular formula is C22H28N4O5S. The zero-order valence-electron chi connectivity index (χ0n) is 18.3. The molecule has 2 amide bonds. The third-order valence-corrected chi connectivity index (χ3v) is 7.40. The lowest BCUT2D eigenvalue weighted by Crippen LogP contribution is -2.33. The number of rotatable bonds is 9. The van der Waals surface area contributed by atoms with Crippen LogP contribution in [0.1, 0.15) is 32.3 Å². The average Bonchev–Trinajstić information content (AvgIpc) is 3.14. The summed E-state index contributed by atoms with van der Waals surface area (Å²) in [5.74, 6) is -0.336.